The number of benzene rings is 1. The predicted octanol–water partition coefficient (Wildman–Crippen LogP) is 4.61. The van der Waals surface area contributed by atoms with Crippen LogP contribution in [0.15, 0.2) is 52.6 Å². The lowest BCUT2D eigenvalue weighted by molar-refractivity contribution is -0.128. The number of alkyl halides is 1. The van der Waals surface area contributed by atoms with E-state index in [1.54, 1.807) is 25.1 Å². The van der Waals surface area contributed by atoms with Gasteiger partial charge in [-0.3, -0.25) is 9.59 Å². The fourth-order valence-electron chi connectivity index (χ4n) is 3.80. The number of halogens is 2. The summed E-state index contributed by atoms with van der Waals surface area (Å²) in [6.45, 7) is 5.55. The highest BCUT2D eigenvalue weighted by atomic mass is 79.9. The molecular weight excluding hydrogens is 464 g/mol. The summed E-state index contributed by atoms with van der Waals surface area (Å²) >= 11 is 6.99. The molecule has 2 aliphatic carbocycles. The topological polar surface area (TPSA) is 63.6 Å². The van der Waals surface area contributed by atoms with Crippen molar-refractivity contribution < 1.29 is 19.4 Å². The molecule has 0 amide bonds. The molecule has 0 bridgehead atoms. The lowest BCUT2D eigenvalue weighted by Crippen LogP contribution is -2.52. The summed E-state index contributed by atoms with van der Waals surface area (Å²) in [5.41, 5.74) is 2.08. The standard InChI is InChI=1S/C20H18Br2O4/c1-4-11-5-6-13-18(24)10(2)7-16(23)20(13,22)17(11)12-8-14(21)19(25)15(9-12)26-3/h4-5,7-9,13,17,25H,1,6H2,2-3H3/t13-,17+,20+/m0/s1. The summed E-state index contributed by atoms with van der Waals surface area (Å²) in [5, 5.41) is 10.1. The molecule has 6 heteroatoms. The number of carbonyl (C=O) groups is 2. The third-order valence-corrected chi connectivity index (χ3v) is 7.13. The second-order valence-corrected chi connectivity index (χ2v) is 8.67. The summed E-state index contributed by atoms with van der Waals surface area (Å²) in [6.07, 6.45) is 5.55. The van der Waals surface area contributed by atoms with Crippen molar-refractivity contribution in [2.45, 2.75) is 23.6 Å². The van der Waals surface area contributed by atoms with Gasteiger partial charge < -0.3 is 9.84 Å². The second kappa shape index (κ2) is 6.82. The van der Waals surface area contributed by atoms with Crippen molar-refractivity contribution >= 4 is 43.4 Å². The molecule has 26 heavy (non-hydrogen) atoms. The fourth-order valence-corrected chi connectivity index (χ4v) is 5.30. The number of aromatic hydroxyl groups is 1. The maximum absolute atomic E-state index is 13.0. The number of fused-ring (bicyclic) bond motifs is 1. The van der Waals surface area contributed by atoms with Crippen molar-refractivity contribution in [2.75, 3.05) is 7.11 Å². The number of hydrogen-bond acceptors (Lipinski definition) is 4. The van der Waals surface area contributed by atoms with Crippen molar-refractivity contribution in [3.63, 3.8) is 0 Å². The van der Waals surface area contributed by atoms with Crippen LogP contribution in [0.25, 0.3) is 0 Å². The zero-order chi connectivity index (χ0) is 19.2. The Hall–Kier alpha value is -1.66. The molecule has 0 radical (unpaired) electrons. The maximum atomic E-state index is 13.0. The molecule has 0 saturated carbocycles. The van der Waals surface area contributed by atoms with Crippen LogP contribution in [0.1, 0.15) is 24.8 Å². The van der Waals surface area contributed by atoms with E-state index in [-0.39, 0.29) is 23.1 Å². The van der Waals surface area contributed by atoms with Gasteiger partial charge in [0.1, 0.15) is 4.32 Å². The van der Waals surface area contributed by atoms with Crippen molar-refractivity contribution in [2.24, 2.45) is 5.92 Å². The number of phenols is 1. The Bertz CT molecular complexity index is 884. The van der Waals surface area contributed by atoms with E-state index in [2.05, 4.69) is 38.4 Å². The van der Waals surface area contributed by atoms with Gasteiger partial charge in [0.15, 0.2) is 23.1 Å². The number of Topliss-reactive ketones (excluding diaryl/α,β-unsaturated/α-hetero) is 1. The molecule has 4 nitrogen and oxygen atoms in total. The van der Waals surface area contributed by atoms with Crippen LogP contribution in [0.5, 0.6) is 11.5 Å². The molecule has 136 valence electrons. The molecular formula is C20H18Br2O4. The van der Waals surface area contributed by atoms with Gasteiger partial charge in [-0.15, -0.1) is 0 Å². The molecule has 2 aliphatic rings. The number of ketones is 2. The second-order valence-electron chi connectivity index (χ2n) is 6.51. The Kier molecular flexibility index (Phi) is 5.01. The normalized spacial score (nSPS) is 28.2. The fraction of sp³-hybridized carbons (Fsp3) is 0.300. The van der Waals surface area contributed by atoms with Crippen LogP contribution in [0.3, 0.4) is 0 Å². The molecule has 0 spiro atoms. The third-order valence-electron chi connectivity index (χ3n) is 5.12. The number of ether oxygens (including phenoxy) is 1. The van der Waals surface area contributed by atoms with Crippen molar-refractivity contribution in [1.82, 2.24) is 0 Å². The van der Waals surface area contributed by atoms with Crippen LogP contribution in [-0.2, 0) is 9.59 Å². The van der Waals surface area contributed by atoms with Gasteiger partial charge in [0.2, 0.25) is 0 Å². The van der Waals surface area contributed by atoms with Gasteiger partial charge in [-0.2, -0.15) is 0 Å². The van der Waals surface area contributed by atoms with Gasteiger partial charge in [0, 0.05) is 11.8 Å². The molecule has 3 rings (SSSR count). The smallest absolute Gasteiger partial charge is 0.174 e. The minimum absolute atomic E-state index is 0.0156. The zero-order valence-electron chi connectivity index (χ0n) is 14.4. The first kappa shape index (κ1) is 19.1. The summed E-state index contributed by atoms with van der Waals surface area (Å²) in [5.74, 6) is -0.830. The lowest BCUT2D eigenvalue weighted by atomic mass is 9.63. The van der Waals surface area contributed by atoms with E-state index in [9.17, 15) is 14.7 Å². The average molecular weight is 482 g/mol. The first-order valence-corrected chi connectivity index (χ1v) is 9.69. The molecule has 0 heterocycles. The van der Waals surface area contributed by atoms with E-state index in [0.29, 0.717) is 16.5 Å². The quantitative estimate of drug-likeness (QED) is 0.640. The minimum atomic E-state index is -1.09. The van der Waals surface area contributed by atoms with Crippen molar-refractivity contribution in [3.05, 3.63) is 58.1 Å². The predicted molar refractivity (Wildman–Crippen MR) is 107 cm³/mol. The van der Waals surface area contributed by atoms with Gasteiger partial charge in [0.05, 0.1) is 11.6 Å². The SMILES string of the molecule is C=CC1=CC[C@H]2C(=O)C(C)=CC(=O)[C@@]2(Br)[C@H]1c1cc(Br)c(O)c(OC)c1. The van der Waals surface area contributed by atoms with Gasteiger partial charge >= 0.3 is 0 Å². The Morgan fingerprint density at radius 3 is 2.69 bits per heavy atom. The van der Waals surface area contributed by atoms with Crippen molar-refractivity contribution in [1.29, 1.82) is 0 Å². The largest absolute Gasteiger partial charge is 0.503 e. The van der Waals surface area contributed by atoms with Crippen LogP contribution in [0.4, 0.5) is 0 Å². The molecule has 1 N–H and O–H groups in total. The highest BCUT2D eigenvalue weighted by Gasteiger charge is 2.56. The summed E-state index contributed by atoms with van der Waals surface area (Å²) < 4.78 is 4.62. The Balaban J connectivity index is 2.26. The first-order chi connectivity index (χ1) is 12.2. The molecule has 0 unspecified atom stereocenters. The zero-order valence-corrected chi connectivity index (χ0v) is 17.6. The number of methoxy groups -OCH3 is 1. The van der Waals surface area contributed by atoms with Crippen LogP contribution in [0, 0.1) is 5.92 Å². The van der Waals surface area contributed by atoms with Gasteiger partial charge in [-0.25, -0.2) is 0 Å². The average Bonchev–Trinajstić information content (AvgIpc) is 2.61. The molecule has 0 saturated heterocycles. The lowest BCUT2D eigenvalue weighted by Gasteiger charge is -2.45. The van der Waals surface area contributed by atoms with Gasteiger partial charge in [-0.1, -0.05) is 34.7 Å². The first-order valence-electron chi connectivity index (χ1n) is 8.10. The molecule has 0 fully saturated rings. The van der Waals surface area contributed by atoms with E-state index in [1.807, 2.05) is 6.08 Å². The monoisotopic (exact) mass is 480 g/mol. The molecule has 1 aromatic rings. The molecule has 1 aromatic carbocycles. The Labute approximate surface area is 168 Å². The highest BCUT2D eigenvalue weighted by Crippen LogP contribution is 2.55. The third kappa shape index (κ3) is 2.70. The van der Waals surface area contributed by atoms with Crippen LogP contribution >= 0.6 is 31.9 Å². The molecule has 0 aliphatic heterocycles. The number of allylic oxidation sites excluding steroid dienone is 5. The Morgan fingerprint density at radius 1 is 1.38 bits per heavy atom. The number of carbonyl (C=O) groups excluding carboxylic acids is 2. The van der Waals surface area contributed by atoms with Gasteiger partial charge in [0.25, 0.3) is 0 Å². The van der Waals surface area contributed by atoms with Crippen LogP contribution in [0.2, 0.25) is 0 Å². The number of rotatable bonds is 3. The van der Waals surface area contributed by atoms with Gasteiger partial charge in [-0.05, 0) is 64.2 Å². The highest BCUT2D eigenvalue weighted by molar-refractivity contribution is 9.10. The Morgan fingerprint density at radius 2 is 2.08 bits per heavy atom. The van der Waals surface area contributed by atoms with E-state index in [4.69, 9.17) is 4.74 Å². The summed E-state index contributed by atoms with van der Waals surface area (Å²) in [7, 11) is 1.46. The molecule has 3 atom stereocenters. The van der Waals surface area contributed by atoms with E-state index < -0.39 is 16.2 Å². The number of hydrogen-bond donors (Lipinski definition) is 1. The minimum Gasteiger partial charge on any atom is -0.503 e. The molecule has 0 aromatic heterocycles. The van der Waals surface area contributed by atoms with Crippen LogP contribution in [-0.4, -0.2) is 28.1 Å². The number of phenolic OH excluding ortho intramolecular Hbond substituents is 1. The maximum Gasteiger partial charge on any atom is 0.174 e. The van der Waals surface area contributed by atoms with E-state index in [1.165, 1.54) is 13.2 Å². The summed E-state index contributed by atoms with van der Waals surface area (Å²) in [6, 6.07) is 3.44. The van der Waals surface area contributed by atoms with E-state index in [0.717, 1.165) is 11.1 Å². The van der Waals surface area contributed by atoms with Crippen molar-refractivity contribution in [3.8, 4) is 11.5 Å². The van der Waals surface area contributed by atoms with Crippen LogP contribution < -0.4 is 4.74 Å². The van der Waals surface area contributed by atoms with E-state index >= 15 is 0 Å². The summed E-state index contributed by atoms with van der Waals surface area (Å²) in [4.78, 5) is 25.8.